The molecule has 2 atom stereocenters. The third-order valence-corrected chi connectivity index (χ3v) is 6.22. The molecule has 1 fully saturated rings. The molecule has 1 rings (SSSR count). The molecule has 0 radical (unpaired) electrons. The van der Waals surface area contributed by atoms with E-state index in [9.17, 15) is 0 Å². The molecule has 1 heterocycles. The summed E-state index contributed by atoms with van der Waals surface area (Å²) in [6.45, 7) is 11.0. The molecular formula is C10H21ClOSi. The third kappa shape index (κ3) is 2.48. The molecule has 0 aliphatic carbocycles. The number of rotatable bonds is 0. The van der Waals surface area contributed by atoms with Gasteiger partial charge in [0.25, 0.3) is 7.63 Å². The molecule has 0 spiro atoms. The minimum atomic E-state index is -1.86. The van der Waals surface area contributed by atoms with Gasteiger partial charge in [0, 0.05) is 0 Å². The lowest BCUT2D eigenvalue weighted by molar-refractivity contribution is -0.0397. The van der Waals surface area contributed by atoms with Gasteiger partial charge in [-0.3, -0.25) is 0 Å². The van der Waals surface area contributed by atoms with Gasteiger partial charge in [0.15, 0.2) is 0 Å². The van der Waals surface area contributed by atoms with Crippen LogP contribution in [0.3, 0.4) is 0 Å². The fraction of sp³-hybridized carbons (Fsp3) is 1.00. The van der Waals surface area contributed by atoms with Crippen LogP contribution in [0.5, 0.6) is 0 Å². The highest BCUT2D eigenvalue weighted by molar-refractivity contribution is 7.16. The van der Waals surface area contributed by atoms with Crippen molar-refractivity contribution in [2.45, 2.75) is 58.7 Å². The first-order valence-corrected chi connectivity index (χ1v) is 8.68. The average Bonchev–Trinajstić information content (AvgIpc) is 1.80. The lowest BCUT2D eigenvalue weighted by Gasteiger charge is -2.49. The summed E-state index contributed by atoms with van der Waals surface area (Å²) in [7, 11) is -1.86. The van der Waals surface area contributed by atoms with Gasteiger partial charge in [0.1, 0.15) is 0 Å². The highest BCUT2D eigenvalue weighted by Crippen LogP contribution is 2.45. The molecule has 1 saturated heterocycles. The second kappa shape index (κ2) is 3.25. The molecule has 0 amide bonds. The quantitative estimate of drug-likeness (QED) is 0.444. The van der Waals surface area contributed by atoms with Crippen LogP contribution in [0.1, 0.15) is 40.5 Å². The lowest BCUT2D eigenvalue weighted by atomic mass is 9.75. The Bertz CT molecular complexity index is 198. The maximum Gasteiger partial charge on any atom is 0.287 e. The van der Waals surface area contributed by atoms with Crippen LogP contribution < -0.4 is 0 Å². The second-order valence-electron chi connectivity index (χ2n) is 5.54. The monoisotopic (exact) mass is 220 g/mol. The summed E-state index contributed by atoms with van der Waals surface area (Å²) in [5.74, 6) is 0. The van der Waals surface area contributed by atoms with Crippen LogP contribution in [0.15, 0.2) is 0 Å². The average molecular weight is 221 g/mol. The van der Waals surface area contributed by atoms with Crippen LogP contribution in [0, 0.1) is 5.41 Å². The van der Waals surface area contributed by atoms with Crippen LogP contribution in [0.25, 0.3) is 0 Å². The normalized spacial score (nSPS) is 42.0. The fourth-order valence-corrected chi connectivity index (χ4v) is 5.01. The van der Waals surface area contributed by atoms with Crippen molar-refractivity contribution in [1.29, 1.82) is 0 Å². The molecule has 1 aliphatic heterocycles. The minimum Gasteiger partial charge on any atom is -0.397 e. The van der Waals surface area contributed by atoms with Crippen molar-refractivity contribution in [1.82, 2.24) is 0 Å². The first-order chi connectivity index (χ1) is 5.66. The summed E-state index contributed by atoms with van der Waals surface area (Å²) < 4.78 is 6.13. The molecule has 1 aliphatic rings. The largest absolute Gasteiger partial charge is 0.397 e. The van der Waals surface area contributed by atoms with E-state index in [2.05, 4.69) is 34.2 Å². The summed E-state index contributed by atoms with van der Waals surface area (Å²) in [4.78, 5) is 0. The Morgan fingerprint density at radius 1 is 1.38 bits per heavy atom. The van der Waals surface area contributed by atoms with Gasteiger partial charge in [-0.25, -0.2) is 0 Å². The molecule has 2 unspecified atom stereocenters. The van der Waals surface area contributed by atoms with Crippen LogP contribution in [0.2, 0.25) is 12.6 Å². The van der Waals surface area contributed by atoms with Crippen LogP contribution >= 0.6 is 11.1 Å². The molecule has 13 heavy (non-hydrogen) atoms. The summed E-state index contributed by atoms with van der Waals surface area (Å²) >= 11 is 6.38. The molecular weight excluding hydrogens is 200 g/mol. The van der Waals surface area contributed by atoms with Gasteiger partial charge < -0.3 is 4.43 Å². The van der Waals surface area contributed by atoms with Crippen molar-refractivity contribution < 1.29 is 4.43 Å². The maximum absolute atomic E-state index is 6.38. The molecule has 1 nitrogen and oxygen atoms in total. The summed E-state index contributed by atoms with van der Waals surface area (Å²) in [6.07, 6.45) is 2.37. The summed E-state index contributed by atoms with van der Waals surface area (Å²) in [5, 5.41) is 0. The minimum absolute atomic E-state index is 0.0199. The van der Waals surface area contributed by atoms with Crippen LogP contribution in [-0.4, -0.2) is 13.2 Å². The molecule has 0 N–H and O–H groups in total. The van der Waals surface area contributed by atoms with E-state index in [1.807, 2.05) is 0 Å². The fourth-order valence-electron chi connectivity index (χ4n) is 1.84. The van der Waals surface area contributed by atoms with E-state index >= 15 is 0 Å². The summed E-state index contributed by atoms with van der Waals surface area (Å²) in [5.41, 5.74) is 0.171. The number of hydrogen-bond donors (Lipinski definition) is 0. The van der Waals surface area contributed by atoms with Crippen molar-refractivity contribution in [3.63, 3.8) is 0 Å². The highest BCUT2D eigenvalue weighted by Gasteiger charge is 2.47. The molecule has 0 saturated carbocycles. The van der Waals surface area contributed by atoms with E-state index in [4.69, 9.17) is 15.5 Å². The van der Waals surface area contributed by atoms with E-state index in [0.29, 0.717) is 0 Å². The number of halogens is 1. The second-order valence-corrected chi connectivity index (χ2v) is 10.8. The Morgan fingerprint density at radius 2 is 1.92 bits per heavy atom. The van der Waals surface area contributed by atoms with Crippen LogP contribution in [-0.2, 0) is 4.43 Å². The van der Waals surface area contributed by atoms with Crippen molar-refractivity contribution in [2.24, 2.45) is 5.41 Å². The molecule has 0 aromatic rings. The van der Waals surface area contributed by atoms with Gasteiger partial charge in [-0.05, 0) is 37.8 Å². The number of hydrogen-bond acceptors (Lipinski definition) is 1. The molecule has 0 aromatic carbocycles. The predicted molar refractivity (Wildman–Crippen MR) is 60.5 cm³/mol. The van der Waals surface area contributed by atoms with Crippen molar-refractivity contribution in [3.8, 4) is 0 Å². The lowest BCUT2D eigenvalue weighted by Crippen LogP contribution is -2.52. The Kier molecular flexibility index (Phi) is 2.88. The van der Waals surface area contributed by atoms with Crippen molar-refractivity contribution >= 4 is 18.7 Å². The van der Waals surface area contributed by atoms with Gasteiger partial charge in [0.2, 0.25) is 0 Å². The third-order valence-electron chi connectivity index (χ3n) is 3.30. The zero-order valence-corrected chi connectivity index (χ0v) is 11.2. The van der Waals surface area contributed by atoms with Gasteiger partial charge in [-0.2, -0.15) is 0 Å². The first-order valence-electron chi connectivity index (χ1n) is 5.05. The SMILES string of the molecule is CC(C)(C)C1(C)CCC[Si](C)(Cl)O1. The first kappa shape index (κ1) is 11.5. The van der Waals surface area contributed by atoms with Gasteiger partial charge >= 0.3 is 0 Å². The van der Waals surface area contributed by atoms with E-state index in [1.54, 1.807) is 0 Å². The topological polar surface area (TPSA) is 9.23 Å². The molecule has 78 valence electrons. The van der Waals surface area contributed by atoms with Crippen molar-refractivity contribution in [3.05, 3.63) is 0 Å². The smallest absolute Gasteiger partial charge is 0.287 e. The van der Waals surface area contributed by atoms with Gasteiger partial charge in [-0.1, -0.05) is 20.8 Å². The maximum atomic E-state index is 6.38. The van der Waals surface area contributed by atoms with Gasteiger partial charge in [-0.15, -0.1) is 11.1 Å². The Morgan fingerprint density at radius 3 is 2.23 bits per heavy atom. The zero-order valence-electron chi connectivity index (χ0n) is 9.41. The highest BCUT2D eigenvalue weighted by atomic mass is 35.6. The van der Waals surface area contributed by atoms with E-state index in [1.165, 1.54) is 6.42 Å². The van der Waals surface area contributed by atoms with E-state index < -0.39 is 7.63 Å². The predicted octanol–water partition coefficient (Wildman–Crippen LogP) is 3.91. The molecule has 3 heteroatoms. The Hall–Kier alpha value is 0.467. The zero-order chi connectivity index (χ0) is 10.3. The molecule has 0 bridgehead atoms. The van der Waals surface area contributed by atoms with Crippen molar-refractivity contribution in [2.75, 3.05) is 0 Å². The standard InChI is InChI=1S/C10H21ClOSi/c1-9(2,3)10(4)7-6-8-13(5,11)12-10/h6-8H2,1-5H3. The van der Waals surface area contributed by atoms with E-state index in [0.717, 1.165) is 12.5 Å². The molecule has 0 aromatic heterocycles. The van der Waals surface area contributed by atoms with Gasteiger partial charge in [0.05, 0.1) is 5.60 Å². The summed E-state index contributed by atoms with van der Waals surface area (Å²) in [6, 6.07) is 1.10. The Balaban J connectivity index is 2.81. The van der Waals surface area contributed by atoms with E-state index in [-0.39, 0.29) is 11.0 Å². The van der Waals surface area contributed by atoms with Crippen LogP contribution in [0.4, 0.5) is 0 Å². The Labute approximate surface area is 87.6 Å².